The predicted molar refractivity (Wildman–Crippen MR) is 62.2 cm³/mol. The van der Waals surface area contributed by atoms with Gasteiger partial charge in [0.1, 0.15) is 4.60 Å². The van der Waals surface area contributed by atoms with Crippen LogP contribution in [0.4, 0.5) is 5.95 Å². The zero-order valence-electron chi connectivity index (χ0n) is 8.04. The van der Waals surface area contributed by atoms with Gasteiger partial charge < -0.3 is 10.1 Å². The summed E-state index contributed by atoms with van der Waals surface area (Å²) in [4.78, 5) is 8.30. The Bertz CT molecular complexity index is 344. The molecule has 0 unspecified atom stereocenters. The molecule has 0 aromatic carbocycles. The summed E-state index contributed by atoms with van der Waals surface area (Å²) in [5.41, 5.74) is 0. The number of nitrogens with zero attached hydrogens (tertiary/aromatic N) is 2. The van der Waals surface area contributed by atoms with Crippen molar-refractivity contribution in [1.29, 1.82) is 0 Å². The van der Waals surface area contributed by atoms with Gasteiger partial charge in [-0.25, -0.2) is 9.97 Å². The van der Waals surface area contributed by atoms with Gasteiger partial charge in [-0.1, -0.05) is 11.6 Å². The quantitative estimate of drug-likeness (QED) is 0.851. The van der Waals surface area contributed by atoms with Crippen molar-refractivity contribution in [3.05, 3.63) is 15.8 Å². The van der Waals surface area contributed by atoms with E-state index in [1.165, 1.54) is 0 Å². The fraction of sp³-hybridized carbons (Fsp3) is 0.556. The fourth-order valence-corrected chi connectivity index (χ4v) is 1.80. The number of aromatic nitrogens is 2. The summed E-state index contributed by atoms with van der Waals surface area (Å²) in [6.07, 6.45) is 3.56. The van der Waals surface area contributed by atoms with E-state index in [1.54, 1.807) is 6.20 Å². The average molecular weight is 293 g/mol. The summed E-state index contributed by atoms with van der Waals surface area (Å²) < 4.78 is 5.89. The number of nitrogens with one attached hydrogen (secondary N) is 1. The molecule has 0 bridgehead atoms. The molecule has 2 heterocycles. The van der Waals surface area contributed by atoms with Crippen molar-refractivity contribution < 1.29 is 4.74 Å². The van der Waals surface area contributed by atoms with E-state index in [0.29, 0.717) is 21.6 Å². The molecule has 0 atom stereocenters. The van der Waals surface area contributed by atoms with Crippen LogP contribution in [-0.2, 0) is 4.74 Å². The lowest BCUT2D eigenvalue weighted by atomic mass is 10.1. The summed E-state index contributed by atoms with van der Waals surface area (Å²) in [5, 5.41) is 3.78. The van der Waals surface area contributed by atoms with E-state index in [4.69, 9.17) is 16.3 Å². The van der Waals surface area contributed by atoms with Crippen molar-refractivity contribution in [2.75, 3.05) is 18.5 Å². The van der Waals surface area contributed by atoms with Crippen molar-refractivity contribution in [2.24, 2.45) is 0 Å². The molecular weight excluding hydrogens is 281 g/mol. The van der Waals surface area contributed by atoms with Crippen LogP contribution in [0.2, 0.25) is 5.02 Å². The molecule has 15 heavy (non-hydrogen) atoms. The van der Waals surface area contributed by atoms with Gasteiger partial charge in [0.2, 0.25) is 5.95 Å². The fourth-order valence-electron chi connectivity index (χ4n) is 1.44. The average Bonchev–Trinajstić information content (AvgIpc) is 2.25. The summed E-state index contributed by atoms with van der Waals surface area (Å²) in [7, 11) is 0. The Kier molecular flexibility index (Phi) is 3.77. The highest BCUT2D eigenvalue weighted by Crippen LogP contribution is 2.20. The van der Waals surface area contributed by atoms with Crippen LogP contribution < -0.4 is 5.32 Å². The van der Waals surface area contributed by atoms with Gasteiger partial charge in [-0.2, -0.15) is 0 Å². The monoisotopic (exact) mass is 291 g/mol. The highest BCUT2D eigenvalue weighted by atomic mass is 79.9. The second kappa shape index (κ2) is 5.09. The first kappa shape index (κ1) is 11.1. The largest absolute Gasteiger partial charge is 0.381 e. The summed E-state index contributed by atoms with van der Waals surface area (Å²) in [6.45, 7) is 1.60. The van der Waals surface area contributed by atoms with Crippen molar-refractivity contribution in [3.8, 4) is 0 Å². The number of ether oxygens (including phenoxy) is 1. The molecule has 1 aromatic heterocycles. The Hall–Kier alpha value is -0.390. The highest BCUT2D eigenvalue weighted by Gasteiger charge is 2.14. The Labute approximate surface area is 102 Å². The van der Waals surface area contributed by atoms with E-state index in [9.17, 15) is 0 Å². The molecule has 4 nitrogen and oxygen atoms in total. The minimum Gasteiger partial charge on any atom is -0.381 e. The van der Waals surface area contributed by atoms with Crippen LogP contribution in [0, 0.1) is 0 Å². The lowest BCUT2D eigenvalue weighted by Gasteiger charge is -2.22. The third-order valence-corrected chi connectivity index (χ3v) is 3.37. The number of rotatable bonds is 2. The third kappa shape index (κ3) is 3.03. The number of halogens is 2. The summed E-state index contributed by atoms with van der Waals surface area (Å²) >= 11 is 9.07. The van der Waals surface area contributed by atoms with Crippen molar-refractivity contribution in [2.45, 2.75) is 18.9 Å². The summed E-state index contributed by atoms with van der Waals surface area (Å²) in [5.74, 6) is 0.609. The Balaban J connectivity index is 2.00. The molecule has 2 rings (SSSR count). The van der Waals surface area contributed by atoms with Crippen molar-refractivity contribution in [1.82, 2.24) is 9.97 Å². The standard InChI is InChI=1S/C9H11BrClN3O/c10-8-7(11)5-12-9(14-8)13-6-1-3-15-4-2-6/h5-6H,1-4H2,(H,12,13,14). The third-order valence-electron chi connectivity index (χ3n) is 2.26. The molecule has 1 aliphatic heterocycles. The Morgan fingerprint density at radius 1 is 1.47 bits per heavy atom. The van der Waals surface area contributed by atoms with E-state index in [1.807, 2.05) is 0 Å². The summed E-state index contributed by atoms with van der Waals surface area (Å²) in [6, 6.07) is 0.395. The molecule has 0 aliphatic carbocycles. The maximum absolute atomic E-state index is 5.80. The SMILES string of the molecule is Clc1cnc(NC2CCOCC2)nc1Br. The molecule has 1 fully saturated rings. The number of hydrogen-bond donors (Lipinski definition) is 1. The molecule has 0 saturated carbocycles. The maximum Gasteiger partial charge on any atom is 0.224 e. The first-order valence-electron chi connectivity index (χ1n) is 4.78. The smallest absolute Gasteiger partial charge is 0.224 e. The van der Waals surface area contributed by atoms with E-state index in [0.717, 1.165) is 26.1 Å². The molecule has 82 valence electrons. The van der Waals surface area contributed by atoms with Crippen LogP contribution >= 0.6 is 27.5 Å². The maximum atomic E-state index is 5.80. The van der Waals surface area contributed by atoms with Gasteiger partial charge in [-0.3, -0.25) is 0 Å². The lowest BCUT2D eigenvalue weighted by Crippen LogP contribution is -2.28. The molecule has 1 N–H and O–H groups in total. The molecule has 1 saturated heterocycles. The minimum atomic E-state index is 0.395. The molecule has 1 aliphatic rings. The Morgan fingerprint density at radius 2 is 2.20 bits per heavy atom. The van der Waals surface area contributed by atoms with Gasteiger partial charge in [-0.15, -0.1) is 0 Å². The lowest BCUT2D eigenvalue weighted by molar-refractivity contribution is 0.0903. The van der Waals surface area contributed by atoms with E-state index >= 15 is 0 Å². The van der Waals surface area contributed by atoms with Crippen LogP contribution in [0.25, 0.3) is 0 Å². The first-order chi connectivity index (χ1) is 7.25. The van der Waals surface area contributed by atoms with Crippen LogP contribution in [-0.4, -0.2) is 29.2 Å². The highest BCUT2D eigenvalue weighted by molar-refractivity contribution is 9.10. The minimum absolute atomic E-state index is 0.395. The van der Waals surface area contributed by atoms with Crippen LogP contribution in [0.3, 0.4) is 0 Å². The molecular formula is C9H11BrClN3O. The molecule has 1 aromatic rings. The number of hydrogen-bond acceptors (Lipinski definition) is 4. The second-order valence-corrected chi connectivity index (χ2v) is 4.52. The van der Waals surface area contributed by atoms with Gasteiger partial charge in [0.25, 0.3) is 0 Å². The first-order valence-corrected chi connectivity index (χ1v) is 5.95. The van der Waals surface area contributed by atoms with Gasteiger partial charge >= 0.3 is 0 Å². The second-order valence-electron chi connectivity index (χ2n) is 3.36. The zero-order chi connectivity index (χ0) is 10.7. The van der Waals surface area contributed by atoms with Gasteiger partial charge in [-0.05, 0) is 28.8 Å². The van der Waals surface area contributed by atoms with Crippen molar-refractivity contribution in [3.63, 3.8) is 0 Å². The van der Waals surface area contributed by atoms with Gasteiger partial charge in [0.15, 0.2) is 0 Å². The van der Waals surface area contributed by atoms with Gasteiger partial charge in [0.05, 0.1) is 11.2 Å². The van der Waals surface area contributed by atoms with Gasteiger partial charge in [0, 0.05) is 19.3 Å². The van der Waals surface area contributed by atoms with Crippen LogP contribution in [0.15, 0.2) is 10.8 Å². The van der Waals surface area contributed by atoms with E-state index < -0.39 is 0 Å². The van der Waals surface area contributed by atoms with E-state index in [2.05, 4.69) is 31.2 Å². The number of anilines is 1. The molecule has 0 spiro atoms. The van der Waals surface area contributed by atoms with Crippen LogP contribution in [0.1, 0.15) is 12.8 Å². The Morgan fingerprint density at radius 3 is 2.87 bits per heavy atom. The molecule has 0 radical (unpaired) electrons. The normalized spacial score (nSPS) is 17.7. The van der Waals surface area contributed by atoms with E-state index in [-0.39, 0.29) is 0 Å². The molecule has 0 amide bonds. The van der Waals surface area contributed by atoms with Crippen LogP contribution in [0.5, 0.6) is 0 Å². The zero-order valence-corrected chi connectivity index (χ0v) is 10.4. The molecule has 6 heteroatoms. The predicted octanol–water partition coefficient (Wildman–Crippen LogP) is 2.48. The van der Waals surface area contributed by atoms with Crippen molar-refractivity contribution >= 4 is 33.5 Å². The topological polar surface area (TPSA) is 47.0 Å².